The van der Waals surface area contributed by atoms with Crippen LogP contribution >= 0.6 is 0 Å². The van der Waals surface area contributed by atoms with Crippen molar-refractivity contribution in [3.63, 3.8) is 0 Å². The van der Waals surface area contributed by atoms with Crippen LogP contribution in [0.1, 0.15) is 33.6 Å². The van der Waals surface area contributed by atoms with Crippen LogP contribution in [0.15, 0.2) is 42.5 Å². The molecule has 2 aromatic rings. The van der Waals surface area contributed by atoms with Gasteiger partial charge in [0, 0.05) is 24.7 Å². The molecule has 3 rings (SSSR count). The van der Waals surface area contributed by atoms with Crippen LogP contribution in [-0.4, -0.2) is 54.2 Å². The van der Waals surface area contributed by atoms with Crippen molar-refractivity contribution in [1.29, 1.82) is 0 Å². The van der Waals surface area contributed by atoms with E-state index in [1.807, 2.05) is 0 Å². The van der Waals surface area contributed by atoms with Crippen LogP contribution in [-0.2, 0) is 19.1 Å². The standard InChI is InChI=1S/C22H19F2N3O6/c23-16-8-7-13(10-17(16)24)26-18(28)11-25-19(29)12-33-20(30)6-3-9-27-21(31)14-4-1-2-5-15(14)22(27)32/h1-2,4-5,7-8,10H,3,6,9,11-12H2,(H,25,29)(H,26,28). The Bertz CT molecular complexity index is 1090. The highest BCUT2D eigenvalue weighted by atomic mass is 19.2. The summed E-state index contributed by atoms with van der Waals surface area (Å²) in [5.74, 6) is -5.20. The zero-order valence-corrected chi connectivity index (χ0v) is 17.2. The first-order valence-corrected chi connectivity index (χ1v) is 9.88. The fourth-order valence-electron chi connectivity index (χ4n) is 3.05. The number of nitrogens with one attached hydrogen (secondary N) is 2. The van der Waals surface area contributed by atoms with Gasteiger partial charge in [-0.15, -0.1) is 0 Å². The van der Waals surface area contributed by atoms with E-state index in [0.29, 0.717) is 11.1 Å². The van der Waals surface area contributed by atoms with Gasteiger partial charge in [0.2, 0.25) is 5.91 Å². The normalized spacial score (nSPS) is 12.4. The Kier molecular flexibility index (Phi) is 7.44. The number of rotatable bonds is 9. The summed E-state index contributed by atoms with van der Waals surface area (Å²) in [5.41, 5.74) is 0.642. The van der Waals surface area contributed by atoms with Gasteiger partial charge in [0.25, 0.3) is 17.7 Å². The Hall–Kier alpha value is -4.15. The molecule has 0 radical (unpaired) electrons. The SMILES string of the molecule is O=C(COC(=O)CCCN1C(=O)c2ccccc2C1=O)NCC(=O)Nc1ccc(F)c(F)c1. The summed E-state index contributed by atoms with van der Waals surface area (Å²) in [6.45, 7) is -1.09. The predicted octanol–water partition coefficient (Wildman–Crippen LogP) is 1.64. The molecule has 9 nitrogen and oxygen atoms in total. The molecule has 0 unspecified atom stereocenters. The number of nitrogens with zero attached hydrogens (tertiary/aromatic N) is 1. The molecule has 0 aromatic heterocycles. The van der Waals surface area contributed by atoms with E-state index in [-0.39, 0.29) is 25.1 Å². The number of halogens is 2. The summed E-state index contributed by atoms with van der Waals surface area (Å²) in [6.07, 6.45) is 0.0276. The topological polar surface area (TPSA) is 122 Å². The Balaban J connectivity index is 1.32. The molecule has 2 N–H and O–H groups in total. The Morgan fingerprint density at radius 1 is 0.909 bits per heavy atom. The van der Waals surface area contributed by atoms with Gasteiger partial charge in [-0.25, -0.2) is 8.78 Å². The number of carbonyl (C=O) groups is 5. The highest BCUT2D eigenvalue weighted by Gasteiger charge is 2.34. The van der Waals surface area contributed by atoms with E-state index in [9.17, 15) is 32.8 Å². The summed E-state index contributed by atoms with van der Waals surface area (Å²) in [5, 5.41) is 4.48. The van der Waals surface area contributed by atoms with Crippen LogP contribution in [0.3, 0.4) is 0 Å². The molecule has 1 aliphatic rings. The third-order valence-corrected chi connectivity index (χ3v) is 4.65. The quantitative estimate of drug-likeness (QED) is 0.434. The molecule has 1 heterocycles. The number of imide groups is 1. The van der Waals surface area contributed by atoms with Gasteiger partial charge in [0.15, 0.2) is 18.2 Å². The van der Waals surface area contributed by atoms with E-state index in [4.69, 9.17) is 4.74 Å². The lowest BCUT2D eigenvalue weighted by Crippen LogP contribution is -2.35. The lowest BCUT2D eigenvalue weighted by Gasteiger charge is -2.13. The fraction of sp³-hybridized carbons (Fsp3) is 0.227. The molecule has 0 atom stereocenters. The molecule has 11 heteroatoms. The van der Waals surface area contributed by atoms with Crippen LogP contribution in [0, 0.1) is 11.6 Å². The monoisotopic (exact) mass is 459 g/mol. The average molecular weight is 459 g/mol. The second kappa shape index (κ2) is 10.4. The first-order chi connectivity index (χ1) is 15.8. The van der Waals surface area contributed by atoms with Crippen molar-refractivity contribution in [2.24, 2.45) is 0 Å². The highest BCUT2D eigenvalue weighted by Crippen LogP contribution is 2.22. The second-order valence-corrected chi connectivity index (χ2v) is 7.03. The smallest absolute Gasteiger partial charge is 0.306 e. The Labute approximate surface area is 186 Å². The maximum absolute atomic E-state index is 13.1. The van der Waals surface area contributed by atoms with Crippen molar-refractivity contribution in [1.82, 2.24) is 10.2 Å². The molecule has 172 valence electrons. The number of benzene rings is 2. The molecule has 1 aliphatic heterocycles. The van der Waals surface area contributed by atoms with Crippen molar-refractivity contribution in [2.45, 2.75) is 12.8 Å². The molecule has 0 aliphatic carbocycles. The molecule has 0 saturated heterocycles. The third-order valence-electron chi connectivity index (χ3n) is 4.65. The van der Waals surface area contributed by atoms with Crippen molar-refractivity contribution in [3.8, 4) is 0 Å². The predicted molar refractivity (Wildman–Crippen MR) is 110 cm³/mol. The molecule has 33 heavy (non-hydrogen) atoms. The maximum atomic E-state index is 13.1. The van der Waals surface area contributed by atoms with Crippen LogP contribution in [0.5, 0.6) is 0 Å². The third kappa shape index (κ3) is 5.97. The van der Waals surface area contributed by atoms with E-state index in [2.05, 4.69) is 10.6 Å². The molecule has 2 aromatic carbocycles. The van der Waals surface area contributed by atoms with Crippen molar-refractivity contribution in [2.75, 3.05) is 25.0 Å². The minimum atomic E-state index is -1.13. The molecule has 0 saturated carbocycles. The van der Waals surface area contributed by atoms with Gasteiger partial charge in [-0.3, -0.25) is 28.9 Å². The van der Waals surface area contributed by atoms with E-state index in [0.717, 1.165) is 23.1 Å². The molecule has 0 fully saturated rings. The molecular weight excluding hydrogens is 440 g/mol. The van der Waals surface area contributed by atoms with E-state index in [1.54, 1.807) is 24.3 Å². The second-order valence-electron chi connectivity index (χ2n) is 7.03. The van der Waals surface area contributed by atoms with Crippen LogP contribution < -0.4 is 10.6 Å². The number of amides is 4. The minimum Gasteiger partial charge on any atom is -0.456 e. The Morgan fingerprint density at radius 2 is 1.58 bits per heavy atom. The highest BCUT2D eigenvalue weighted by molar-refractivity contribution is 6.21. The largest absolute Gasteiger partial charge is 0.456 e. The number of fused-ring (bicyclic) bond motifs is 1. The van der Waals surface area contributed by atoms with Gasteiger partial charge < -0.3 is 15.4 Å². The van der Waals surface area contributed by atoms with Crippen molar-refractivity contribution >= 4 is 35.3 Å². The fourth-order valence-corrected chi connectivity index (χ4v) is 3.05. The van der Waals surface area contributed by atoms with Crippen molar-refractivity contribution in [3.05, 3.63) is 65.2 Å². The minimum absolute atomic E-state index is 0.0117. The molecule has 0 spiro atoms. The first-order valence-electron chi connectivity index (χ1n) is 9.88. The zero-order valence-electron chi connectivity index (χ0n) is 17.2. The molecular formula is C22H19F2N3O6. The van der Waals surface area contributed by atoms with Gasteiger partial charge >= 0.3 is 5.97 Å². The van der Waals surface area contributed by atoms with Gasteiger partial charge in [0.05, 0.1) is 17.7 Å². The zero-order chi connectivity index (χ0) is 24.0. The summed E-state index contributed by atoms with van der Waals surface area (Å²) >= 11 is 0. The first kappa shape index (κ1) is 23.5. The van der Waals surface area contributed by atoms with Crippen LogP contribution in [0.25, 0.3) is 0 Å². The maximum Gasteiger partial charge on any atom is 0.306 e. The number of carbonyl (C=O) groups excluding carboxylic acids is 5. The summed E-state index contributed by atoms with van der Waals surface area (Å²) in [4.78, 5) is 60.8. The lowest BCUT2D eigenvalue weighted by atomic mass is 10.1. The summed E-state index contributed by atoms with van der Waals surface area (Å²) in [6, 6.07) is 9.21. The molecule has 4 amide bonds. The lowest BCUT2D eigenvalue weighted by molar-refractivity contribution is -0.148. The van der Waals surface area contributed by atoms with E-state index < -0.39 is 54.4 Å². The number of hydrogen-bond acceptors (Lipinski definition) is 6. The van der Waals surface area contributed by atoms with Crippen LogP contribution in [0.4, 0.5) is 14.5 Å². The van der Waals surface area contributed by atoms with Gasteiger partial charge in [-0.05, 0) is 30.7 Å². The summed E-state index contributed by atoms with van der Waals surface area (Å²) < 4.78 is 30.8. The van der Waals surface area contributed by atoms with E-state index in [1.165, 1.54) is 0 Å². The average Bonchev–Trinajstić information content (AvgIpc) is 3.04. The van der Waals surface area contributed by atoms with Crippen molar-refractivity contribution < 1.29 is 37.5 Å². The van der Waals surface area contributed by atoms with E-state index >= 15 is 0 Å². The summed E-state index contributed by atoms with van der Waals surface area (Å²) in [7, 11) is 0. The van der Waals surface area contributed by atoms with Gasteiger partial charge in [0.1, 0.15) is 0 Å². The molecule has 0 bridgehead atoms. The number of ether oxygens (including phenoxy) is 1. The Morgan fingerprint density at radius 3 is 2.21 bits per heavy atom. The van der Waals surface area contributed by atoms with Crippen LogP contribution in [0.2, 0.25) is 0 Å². The number of hydrogen-bond donors (Lipinski definition) is 2. The number of anilines is 1. The van der Waals surface area contributed by atoms with Gasteiger partial charge in [-0.2, -0.15) is 0 Å². The number of esters is 1. The van der Waals surface area contributed by atoms with Gasteiger partial charge in [-0.1, -0.05) is 12.1 Å².